The minimum absolute atomic E-state index is 0.0269. The predicted octanol–water partition coefficient (Wildman–Crippen LogP) is 2.96. The van der Waals surface area contributed by atoms with E-state index in [9.17, 15) is 18.7 Å². The molecule has 3 aromatic rings. The molecule has 0 spiro atoms. The fraction of sp³-hybridized carbons (Fsp3) is 0.222. The number of nitrogens with zero attached hydrogens (tertiary/aromatic N) is 4. The van der Waals surface area contributed by atoms with Crippen LogP contribution in [-0.2, 0) is 0 Å². The Balaban J connectivity index is 1.74. The van der Waals surface area contributed by atoms with Gasteiger partial charge in [0, 0.05) is 12.5 Å². The minimum atomic E-state index is -2.91. The second-order valence-corrected chi connectivity index (χ2v) is 6.14. The Morgan fingerprint density at radius 2 is 2.07 bits per heavy atom. The molecule has 0 radical (unpaired) electrons. The molecular weight excluding hydrogens is 374 g/mol. The van der Waals surface area contributed by atoms with Gasteiger partial charge in [0.1, 0.15) is 29.2 Å². The lowest BCUT2D eigenvalue weighted by atomic mass is 9.96. The fourth-order valence-electron chi connectivity index (χ4n) is 3.13. The van der Waals surface area contributed by atoms with Gasteiger partial charge in [-0.25, -0.2) is 14.5 Å². The van der Waals surface area contributed by atoms with Crippen molar-refractivity contribution in [3.63, 3.8) is 0 Å². The second kappa shape index (κ2) is 6.87. The highest BCUT2D eigenvalue weighted by molar-refractivity contribution is 6.04. The molecule has 1 atom stereocenters. The Morgan fingerprint density at radius 3 is 2.75 bits per heavy atom. The van der Waals surface area contributed by atoms with Crippen LogP contribution in [0.25, 0.3) is 0 Å². The summed E-state index contributed by atoms with van der Waals surface area (Å²) in [4.78, 5) is 20.7. The van der Waals surface area contributed by atoms with E-state index in [0.29, 0.717) is 5.71 Å². The Kier molecular flexibility index (Phi) is 4.38. The number of alkyl halides is 2. The first kappa shape index (κ1) is 17.8. The molecule has 0 unspecified atom stereocenters. The smallest absolute Gasteiger partial charge is 0.387 e. The van der Waals surface area contributed by atoms with Crippen LogP contribution in [0.1, 0.15) is 29.3 Å². The molecule has 0 saturated carbocycles. The fourth-order valence-corrected chi connectivity index (χ4v) is 3.13. The molecule has 144 valence electrons. The van der Waals surface area contributed by atoms with Crippen molar-refractivity contribution in [1.82, 2.24) is 14.8 Å². The maximum absolute atomic E-state index is 12.4. The van der Waals surface area contributed by atoms with Crippen LogP contribution < -0.4 is 10.4 Å². The quantitative estimate of drug-likeness (QED) is 0.737. The van der Waals surface area contributed by atoms with Crippen molar-refractivity contribution in [3.05, 3.63) is 64.0 Å². The van der Waals surface area contributed by atoms with Crippen molar-refractivity contribution in [2.75, 3.05) is 0 Å². The largest absolute Gasteiger partial charge is 0.507 e. The molecule has 0 saturated heterocycles. The van der Waals surface area contributed by atoms with Crippen LogP contribution in [0.4, 0.5) is 14.7 Å². The summed E-state index contributed by atoms with van der Waals surface area (Å²) in [7, 11) is 0. The highest BCUT2D eigenvalue weighted by Crippen LogP contribution is 2.34. The van der Waals surface area contributed by atoms with Crippen LogP contribution in [0, 0.1) is 6.92 Å². The van der Waals surface area contributed by atoms with Crippen molar-refractivity contribution in [2.24, 2.45) is 4.99 Å². The van der Waals surface area contributed by atoms with Crippen LogP contribution in [0.2, 0.25) is 0 Å². The average molecular weight is 388 g/mol. The Hall–Kier alpha value is -3.56. The number of halogens is 2. The SMILES string of the molecule is Cc1cc(O)c(C2=Nc3ncnn3[C@H](c3ccc(OC(F)F)cc3)C2)c(=O)o1. The monoisotopic (exact) mass is 388 g/mol. The van der Waals surface area contributed by atoms with Crippen LogP contribution in [-0.4, -0.2) is 32.2 Å². The zero-order valence-corrected chi connectivity index (χ0v) is 14.5. The summed E-state index contributed by atoms with van der Waals surface area (Å²) >= 11 is 0. The summed E-state index contributed by atoms with van der Waals surface area (Å²) in [6.45, 7) is -1.36. The number of hydrogen-bond acceptors (Lipinski definition) is 7. The molecule has 1 aliphatic heterocycles. The maximum atomic E-state index is 12.4. The lowest BCUT2D eigenvalue weighted by molar-refractivity contribution is -0.0498. The lowest BCUT2D eigenvalue weighted by Crippen LogP contribution is -2.25. The highest BCUT2D eigenvalue weighted by atomic mass is 19.3. The number of aromatic nitrogens is 3. The highest BCUT2D eigenvalue weighted by Gasteiger charge is 2.29. The predicted molar refractivity (Wildman–Crippen MR) is 93.4 cm³/mol. The summed E-state index contributed by atoms with van der Waals surface area (Å²) in [5.74, 6) is 0.314. The first-order chi connectivity index (χ1) is 13.4. The number of ether oxygens (including phenoxy) is 1. The van der Waals surface area contributed by atoms with Crippen LogP contribution >= 0.6 is 0 Å². The summed E-state index contributed by atoms with van der Waals surface area (Å²) in [5, 5.41) is 14.4. The van der Waals surface area contributed by atoms with E-state index >= 15 is 0 Å². The Bertz CT molecular complexity index is 1110. The molecule has 2 aromatic heterocycles. The van der Waals surface area contributed by atoms with E-state index in [4.69, 9.17) is 4.42 Å². The third-order valence-electron chi connectivity index (χ3n) is 4.30. The van der Waals surface area contributed by atoms with E-state index in [1.165, 1.54) is 24.5 Å². The molecule has 4 rings (SSSR count). The van der Waals surface area contributed by atoms with E-state index in [1.807, 2.05) is 0 Å². The van der Waals surface area contributed by atoms with Crippen LogP contribution in [0.5, 0.6) is 11.5 Å². The molecule has 1 aliphatic rings. The van der Waals surface area contributed by atoms with Crippen molar-refractivity contribution < 1.29 is 23.0 Å². The third-order valence-corrected chi connectivity index (χ3v) is 4.30. The molecule has 0 amide bonds. The van der Waals surface area contributed by atoms with Gasteiger partial charge in [0.2, 0.25) is 5.95 Å². The van der Waals surface area contributed by atoms with Crippen molar-refractivity contribution in [1.29, 1.82) is 0 Å². The molecule has 1 aromatic carbocycles. The van der Waals surface area contributed by atoms with E-state index < -0.39 is 18.3 Å². The molecule has 3 heterocycles. The zero-order chi connectivity index (χ0) is 19.8. The molecule has 0 fully saturated rings. The van der Waals surface area contributed by atoms with Crippen molar-refractivity contribution in [2.45, 2.75) is 26.0 Å². The lowest BCUT2D eigenvalue weighted by Gasteiger charge is -2.23. The van der Waals surface area contributed by atoms with Crippen LogP contribution in [0.3, 0.4) is 0 Å². The molecule has 1 N–H and O–H groups in total. The topological polar surface area (TPSA) is 103 Å². The average Bonchev–Trinajstić information content (AvgIpc) is 3.09. The summed E-state index contributed by atoms with van der Waals surface area (Å²) in [6, 6.07) is 7.00. The summed E-state index contributed by atoms with van der Waals surface area (Å²) in [5.41, 5.74) is 0.271. The molecule has 0 bridgehead atoms. The van der Waals surface area contributed by atoms with Gasteiger partial charge in [0.05, 0.1) is 11.8 Å². The van der Waals surface area contributed by atoms with Gasteiger partial charge >= 0.3 is 12.2 Å². The second-order valence-electron chi connectivity index (χ2n) is 6.14. The normalized spacial score (nSPS) is 16.0. The van der Waals surface area contributed by atoms with Gasteiger partial charge < -0.3 is 14.3 Å². The number of aliphatic imine (C=N–C) groups is 1. The Labute approximate surface area is 156 Å². The van der Waals surface area contributed by atoms with E-state index in [1.54, 1.807) is 23.7 Å². The number of fused-ring (bicyclic) bond motifs is 1. The standard InChI is InChI=1S/C18H14F2N4O4/c1-9-6-14(25)15(16(26)27-9)12-7-13(24-18(23-12)21-8-22-24)10-2-4-11(5-3-10)28-17(19)20/h2-6,8,13,17,25H,7H2,1H3/t13-/m0/s1. The maximum Gasteiger partial charge on any atom is 0.387 e. The number of benzene rings is 1. The summed E-state index contributed by atoms with van der Waals surface area (Å²) < 4.78 is 35.7. The van der Waals surface area contributed by atoms with E-state index in [-0.39, 0.29) is 35.2 Å². The first-order valence-electron chi connectivity index (χ1n) is 8.28. The number of hydrogen-bond donors (Lipinski definition) is 1. The van der Waals surface area contributed by atoms with Crippen molar-refractivity contribution in [3.8, 4) is 11.5 Å². The number of rotatable bonds is 4. The molecule has 28 heavy (non-hydrogen) atoms. The zero-order valence-electron chi connectivity index (χ0n) is 14.5. The van der Waals surface area contributed by atoms with Gasteiger partial charge in [-0.05, 0) is 24.6 Å². The molecule has 10 heteroatoms. The molecular formula is C18H14F2N4O4. The Morgan fingerprint density at radius 1 is 1.32 bits per heavy atom. The van der Waals surface area contributed by atoms with Gasteiger partial charge in [0.25, 0.3) is 0 Å². The van der Waals surface area contributed by atoms with Gasteiger partial charge in [0.15, 0.2) is 0 Å². The minimum Gasteiger partial charge on any atom is -0.507 e. The number of aromatic hydroxyl groups is 1. The third kappa shape index (κ3) is 3.24. The molecule has 8 nitrogen and oxygen atoms in total. The van der Waals surface area contributed by atoms with Gasteiger partial charge in [-0.3, -0.25) is 0 Å². The van der Waals surface area contributed by atoms with Crippen LogP contribution in [0.15, 0.2) is 50.9 Å². The van der Waals surface area contributed by atoms with Crippen molar-refractivity contribution >= 4 is 11.7 Å². The first-order valence-corrected chi connectivity index (χ1v) is 8.28. The number of aryl methyl sites for hydroxylation is 1. The van der Waals surface area contributed by atoms with E-state index in [0.717, 1.165) is 5.56 Å². The summed E-state index contributed by atoms with van der Waals surface area (Å²) in [6.07, 6.45) is 1.54. The molecule has 0 aliphatic carbocycles. The van der Waals surface area contributed by atoms with Gasteiger partial charge in [-0.2, -0.15) is 18.9 Å². The van der Waals surface area contributed by atoms with Gasteiger partial charge in [-0.1, -0.05) is 12.1 Å². The van der Waals surface area contributed by atoms with E-state index in [2.05, 4.69) is 19.8 Å². The van der Waals surface area contributed by atoms with Gasteiger partial charge in [-0.15, -0.1) is 0 Å².